The van der Waals surface area contributed by atoms with Crippen LogP contribution in [0.1, 0.15) is 22.2 Å². The molecule has 2 aliphatic rings. The summed E-state index contributed by atoms with van der Waals surface area (Å²) in [5.74, 6) is 0.0677. The summed E-state index contributed by atoms with van der Waals surface area (Å²) in [5, 5.41) is 4.55. The average molecular weight is 436 g/mol. The molecule has 1 atom stereocenters. The molecule has 1 N–H and O–H groups in total. The van der Waals surface area contributed by atoms with Gasteiger partial charge in [-0.05, 0) is 49.1 Å². The number of hydrogen-bond donors (Lipinski definition) is 1. The second kappa shape index (κ2) is 7.43. The van der Waals surface area contributed by atoms with Gasteiger partial charge in [-0.1, -0.05) is 0 Å². The molecule has 29 heavy (non-hydrogen) atoms. The van der Waals surface area contributed by atoms with Gasteiger partial charge in [0.25, 0.3) is 11.8 Å². The van der Waals surface area contributed by atoms with Gasteiger partial charge in [-0.3, -0.25) is 9.59 Å². The molecule has 2 aliphatic heterocycles. The predicted octanol–water partition coefficient (Wildman–Crippen LogP) is 1.92. The van der Waals surface area contributed by atoms with Crippen LogP contribution in [0.15, 0.2) is 34.5 Å². The topological polar surface area (TPSA) is 96.0 Å². The maximum Gasteiger partial charge on any atom is 0.265 e. The number of nitrogens with zero attached hydrogens (tertiary/aromatic N) is 2. The fourth-order valence-corrected chi connectivity index (χ4v) is 5.71. The number of sulfonamides is 1. The van der Waals surface area contributed by atoms with Crippen molar-refractivity contribution >= 4 is 38.9 Å². The first kappa shape index (κ1) is 19.9. The summed E-state index contributed by atoms with van der Waals surface area (Å²) in [4.78, 5) is 26.9. The fraction of sp³-hybridized carbons (Fsp3) is 0.368. The number of ether oxygens (including phenoxy) is 1. The van der Waals surface area contributed by atoms with Crippen LogP contribution in [0.25, 0.3) is 0 Å². The van der Waals surface area contributed by atoms with Crippen LogP contribution in [0, 0.1) is 6.92 Å². The number of carbonyl (C=O) groups excluding carboxylic acids is 2. The standard InChI is InChI=1S/C19H21N3O5S2/c1-12-5-10-28-17(12)19(24)21-6-8-22(9-7-21)29(25,26)14-3-4-16-15(11-14)20-18(23)13(2)27-16/h3-5,10-11,13H,6-9H2,1-2H3,(H,20,23). The molecule has 0 saturated carbocycles. The van der Waals surface area contributed by atoms with Gasteiger partial charge in [0.15, 0.2) is 6.10 Å². The van der Waals surface area contributed by atoms with E-state index in [4.69, 9.17) is 4.74 Å². The molecule has 0 aliphatic carbocycles. The van der Waals surface area contributed by atoms with Gasteiger partial charge in [0.2, 0.25) is 10.0 Å². The van der Waals surface area contributed by atoms with E-state index < -0.39 is 16.1 Å². The highest BCUT2D eigenvalue weighted by molar-refractivity contribution is 7.89. The fourth-order valence-electron chi connectivity index (χ4n) is 3.36. The van der Waals surface area contributed by atoms with Gasteiger partial charge in [-0.25, -0.2) is 8.42 Å². The molecule has 1 aromatic carbocycles. The Kier molecular flexibility index (Phi) is 5.09. The van der Waals surface area contributed by atoms with E-state index in [0.29, 0.717) is 29.4 Å². The molecule has 0 spiro atoms. The minimum absolute atomic E-state index is 0.0580. The molecule has 2 aromatic rings. The normalized spacial score (nSPS) is 20.0. The maximum absolute atomic E-state index is 13.0. The van der Waals surface area contributed by atoms with E-state index >= 15 is 0 Å². The van der Waals surface area contributed by atoms with Crippen LogP contribution in [0.3, 0.4) is 0 Å². The lowest BCUT2D eigenvalue weighted by Crippen LogP contribution is -2.50. The molecule has 1 unspecified atom stereocenters. The number of rotatable bonds is 3. The van der Waals surface area contributed by atoms with Crippen LogP contribution in [-0.4, -0.2) is 61.7 Å². The summed E-state index contributed by atoms with van der Waals surface area (Å²) in [6, 6.07) is 6.35. The second-order valence-electron chi connectivity index (χ2n) is 7.04. The van der Waals surface area contributed by atoms with Crippen molar-refractivity contribution in [3.8, 4) is 5.75 Å². The van der Waals surface area contributed by atoms with Gasteiger partial charge in [0.1, 0.15) is 5.75 Å². The van der Waals surface area contributed by atoms with Crippen LogP contribution >= 0.6 is 11.3 Å². The molecule has 10 heteroatoms. The molecule has 3 heterocycles. The minimum atomic E-state index is -3.75. The zero-order valence-corrected chi connectivity index (χ0v) is 17.7. The minimum Gasteiger partial charge on any atom is -0.479 e. The van der Waals surface area contributed by atoms with Crippen LogP contribution in [0.4, 0.5) is 5.69 Å². The van der Waals surface area contributed by atoms with Crippen LogP contribution < -0.4 is 10.1 Å². The molecule has 0 radical (unpaired) electrons. The highest BCUT2D eigenvalue weighted by Crippen LogP contribution is 2.33. The first-order chi connectivity index (χ1) is 13.8. The lowest BCUT2D eigenvalue weighted by Gasteiger charge is -2.34. The van der Waals surface area contributed by atoms with E-state index in [1.165, 1.54) is 27.8 Å². The number of nitrogens with one attached hydrogen (secondary N) is 1. The van der Waals surface area contributed by atoms with E-state index in [2.05, 4.69) is 5.32 Å². The van der Waals surface area contributed by atoms with Gasteiger partial charge in [0, 0.05) is 26.2 Å². The number of thiophene rings is 1. The number of aryl methyl sites for hydroxylation is 1. The number of hydrogen-bond acceptors (Lipinski definition) is 6. The molecule has 4 rings (SSSR count). The number of fused-ring (bicyclic) bond motifs is 1. The Morgan fingerprint density at radius 1 is 1.21 bits per heavy atom. The second-order valence-corrected chi connectivity index (χ2v) is 9.89. The molecular weight excluding hydrogens is 414 g/mol. The third-order valence-electron chi connectivity index (χ3n) is 5.10. The Morgan fingerprint density at radius 2 is 1.93 bits per heavy atom. The zero-order chi connectivity index (χ0) is 20.8. The highest BCUT2D eigenvalue weighted by Gasteiger charge is 2.32. The Labute approximate surface area is 173 Å². The van der Waals surface area contributed by atoms with Crippen LogP contribution in [0.5, 0.6) is 5.75 Å². The largest absolute Gasteiger partial charge is 0.479 e. The van der Waals surface area contributed by atoms with Gasteiger partial charge in [-0.15, -0.1) is 11.3 Å². The molecule has 0 bridgehead atoms. The first-order valence-electron chi connectivity index (χ1n) is 9.22. The number of carbonyl (C=O) groups is 2. The van der Waals surface area contributed by atoms with Crippen molar-refractivity contribution in [3.63, 3.8) is 0 Å². The quantitative estimate of drug-likeness (QED) is 0.795. The Hall–Kier alpha value is -2.43. The van der Waals surface area contributed by atoms with Gasteiger partial charge >= 0.3 is 0 Å². The Balaban J connectivity index is 1.48. The lowest BCUT2D eigenvalue weighted by molar-refractivity contribution is -0.122. The van der Waals surface area contributed by atoms with Crippen LogP contribution in [-0.2, 0) is 14.8 Å². The summed E-state index contributed by atoms with van der Waals surface area (Å²) in [6.07, 6.45) is -0.623. The summed E-state index contributed by atoms with van der Waals surface area (Å²) in [5.41, 5.74) is 1.28. The predicted molar refractivity (Wildman–Crippen MR) is 109 cm³/mol. The molecule has 1 fully saturated rings. The van der Waals surface area contributed by atoms with Gasteiger partial charge in [-0.2, -0.15) is 4.31 Å². The monoisotopic (exact) mass is 435 g/mol. The van der Waals surface area contributed by atoms with Crippen molar-refractivity contribution in [1.29, 1.82) is 0 Å². The van der Waals surface area contributed by atoms with Crippen molar-refractivity contribution < 1.29 is 22.7 Å². The van der Waals surface area contributed by atoms with Crippen LogP contribution in [0.2, 0.25) is 0 Å². The first-order valence-corrected chi connectivity index (χ1v) is 11.5. The molecular formula is C19H21N3O5S2. The van der Waals surface area contributed by atoms with Crippen molar-refractivity contribution in [2.75, 3.05) is 31.5 Å². The summed E-state index contributed by atoms with van der Waals surface area (Å²) in [6.45, 7) is 4.62. The van der Waals surface area contributed by atoms with Gasteiger partial charge < -0.3 is 15.0 Å². The summed E-state index contributed by atoms with van der Waals surface area (Å²) in [7, 11) is -3.75. The van der Waals surface area contributed by atoms with E-state index in [-0.39, 0.29) is 29.8 Å². The number of benzene rings is 1. The smallest absolute Gasteiger partial charge is 0.265 e. The van der Waals surface area contributed by atoms with Crippen molar-refractivity contribution in [3.05, 3.63) is 40.1 Å². The average Bonchev–Trinajstić information content (AvgIpc) is 3.14. The van der Waals surface area contributed by atoms with Gasteiger partial charge in [0.05, 0.1) is 15.5 Å². The SMILES string of the molecule is Cc1ccsc1C(=O)N1CCN(S(=O)(=O)c2ccc3c(c2)NC(=O)C(C)O3)CC1. The highest BCUT2D eigenvalue weighted by atomic mass is 32.2. The summed E-state index contributed by atoms with van der Waals surface area (Å²) < 4.78 is 32.9. The zero-order valence-electron chi connectivity index (χ0n) is 16.0. The van der Waals surface area contributed by atoms with Crippen molar-refractivity contribution in [1.82, 2.24) is 9.21 Å². The third-order valence-corrected chi connectivity index (χ3v) is 8.00. The molecule has 1 saturated heterocycles. The third kappa shape index (κ3) is 3.63. The van der Waals surface area contributed by atoms with E-state index in [1.807, 2.05) is 18.4 Å². The Bertz CT molecular complexity index is 1070. The summed E-state index contributed by atoms with van der Waals surface area (Å²) >= 11 is 1.40. The number of amides is 2. The maximum atomic E-state index is 13.0. The molecule has 2 amide bonds. The molecule has 8 nitrogen and oxygen atoms in total. The van der Waals surface area contributed by atoms with E-state index in [9.17, 15) is 18.0 Å². The Morgan fingerprint density at radius 3 is 2.59 bits per heavy atom. The number of piperazine rings is 1. The molecule has 1 aromatic heterocycles. The van der Waals surface area contributed by atoms with Crippen molar-refractivity contribution in [2.24, 2.45) is 0 Å². The van der Waals surface area contributed by atoms with Crippen molar-refractivity contribution in [2.45, 2.75) is 24.8 Å². The molecule has 154 valence electrons. The van der Waals surface area contributed by atoms with E-state index in [0.717, 1.165) is 5.56 Å². The lowest BCUT2D eigenvalue weighted by atomic mass is 10.2. The van der Waals surface area contributed by atoms with E-state index in [1.54, 1.807) is 17.9 Å². The number of anilines is 1.